The van der Waals surface area contributed by atoms with Crippen LogP contribution in [0.3, 0.4) is 0 Å². The molecule has 18 heavy (non-hydrogen) atoms. The molecule has 2 rings (SSSR count). The maximum absolute atomic E-state index is 11.9. The summed E-state index contributed by atoms with van der Waals surface area (Å²) in [6, 6.07) is 1.34. The fourth-order valence-corrected chi connectivity index (χ4v) is 1.92. The molecular formula is C12H14N2O4. The van der Waals surface area contributed by atoms with E-state index in [1.54, 1.807) is 0 Å². The highest BCUT2D eigenvalue weighted by Gasteiger charge is 2.31. The van der Waals surface area contributed by atoms with Gasteiger partial charge in [0.25, 0.3) is 5.91 Å². The molecule has 96 valence electrons. The number of aromatic carboxylic acids is 1. The Balaban J connectivity index is 2.14. The van der Waals surface area contributed by atoms with Crippen LogP contribution in [0.15, 0.2) is 18.5 Å². The molecule has 2 N–H and O–H groups in total. The van der Waals surface area contributed by atoms with E-state index in [1.807, 2.05) is 6.92 Å². The first-order valence-corrected chi connectivity index (χ1v) is 5.69. The van der Waals surface area contributed by atoms with Crippen LogP contribution in [0, 0.1) is 5.92 Å². The first-order valence-electron chi connectivity index (χ1n) is 5.69. The van der Waals surface area contributed by atoms with Crippen molar-refractivity contribution in [2.75, 3.05) is 11.9 Å². The Morgan fingerprint density at radius 3 is 2.94 bits per heavy atom. The van der Waals surface area contributed by atoms with Crippen LogP contribution in [0.4, 0.5) is 5.69 Å². The lowest BCUT2D eigenvalue weighted by molar-refractivity contribution is -0.126. The van der Waals surface area contributed by atoms with Crippen LogP contribution in [-0.2, 0) is 9.53 Å². The highest BCUT2D eigenvalue weighted by Crippen LogP contribution is 2.22. The largest absolute Gasteiger partial charge is 0.478 e. The fourth-order valence-electron chi connectivity index (χ4n) is 1.92. The van der Waals surface area contributed by atoms with Crippen molar-refractivity contribution in [1.82, 2.24) is 4.98 Å². The van der Waals surface area contributed by atoms with Gasteiger partial charge in [-0.15, -0.1) is 0 Å². The number of nitrogens with one attached hydrogen (secondary N) is 1. The molecule has 1 aliphatic rings. The number of carbonyl (C=O) groups is 2. The van der Waals surface area contributed by atoms with E-state index in [9.17, 15) is 9.59 Å². The molecule has 1 aromatic rings. The predicted molar refractivity (Wildman–Crippen MR) is 63.3 cm³/mol. The van der Waals surface area contributed by atoms with Gasteiger partial charge in [-0.1, -0.05) is 6.92 Å². The highest BCUT2D eigenvalue weighted by molar-refractivity contribution is 6.01. The molecule has 0 spiro atoms. The van der Waals surface area contributed by atoms with Gasteiger partial charge in [-0.25, -0.2) is 4.79 Å². The summed E-state index contributed by atoms with van der Waals surface area (Å²) in [4.78, 5) is 26.7. The average Bonchev–Trinajstić information content (AvgIpc) is 2.76. The minimum absolute atomic E-state index is 0.0176. The second kappa shape index (κ2) is 5.14. The van der Waals surface area contributed by atoms with Crippen molar-refractivity contribution in [2.24, 2.45) is 5.92 Å². The molecule has 2 heterocycles. The summed E-state index contributed by atoms with van der Waals surface area (Å²) in [6.07, 6.45) is 3.00. The minimum Gasteiger partial charge on any atom is -0.478 e. The average molecular weight is 250 g/mol. The van der Waals surface area contributed by atoms with Gasteiger partial charge in [0, 0.05) is 12.8 Å². The molecular weight excluding hydrogens is 236 g/mol. The molecule has 1 fully saturated rings. The number of nitrogens with zero attached hydrogens (tertiary/aromatic N) is 1. The number of anilines is 1. The number of hydrogen-bond acceptors (Lipinski definition) is 4. The zero-order chi connectivity index (χ0) is 13.1. The van der Waals surface area contributed by atoms with Gasteiger partial charge >= 0.3 is 5.97 Å². The Morgan fingerprint density at radius 1 is 1.56 bits per heavy atom. The number of ether oxygens (including phenoxy) is 1. The molecule has 1 aromatic heterocycles. The van der Waals surface area contributed by atoms with E-state index in [0.717, 1.165) is 6.42 Å². The van der Waals surface area contributed by atoms with Crippen molar-refractivity contribution in [2.45, 2.75) is 19.4 Å². The monoisotopic (exact) mass is 250 g/mol. The second-order valence-corrected chi connectivity index (χ2v) is 4.27. The number of hydrogen-bond donors (Lipinski definition) is 2. The van der Waals surface area contributed by atoms with Crippen LogP contribution in [0.2, 0.25) is 0 Å². The van der Waals surface area contributed by atoms with Crippen molar-refractivity contribution in [1.29, 1.82) is 0 Å². The standard InChI is InChI=1S/C12H14N2O4/c1-7-3-5-18-10(7)11(15)14-9-6-13-4-2-8(9)12(16)17/h2,4,6-7,10H,3,5H2,1H3,(H,14,15)(H,16,17). The lowest BCUT2D eigenvalue weighted by atomic mass is 10.0. The van der Waals surface area contributed by atoms with E-state index in [0.29, 0.717) is 6.61 Å². The van der Waals surface area contributed by atoms with Gasteiger partial charge in [0.2, 0.25) is 0 Å². The van der Waals surface area contributed by atoms with E-state index in [-0.39, 0.29) is 23.1 Å². The molecule has 1 amide bonds. The number of amides is 1. The van der Waals surface area contributed by atoms with Crippen LogP contribution in [0.5, 0.6) is 0 Å². The third kappa shape index (κ3) is 2.48. The molecule has 1 aliphatic heterocycles. The topological polar surface area (TPSA) is 88.5 Å². The minimum atomic E-state index is -1.10. The number of carbonyl (C=O) groups excluding carboxylic acids is 1. The Bertz CT molecular complexity index is 475. The zero-order valence-electron chi connectivity index (χ0n) is 9.92. The molecule has 0 aromatic carbocycles. The van der Waals surface area contributed by atoms with E-state index in [4.69, 9.17) is 9.84 Å². The lowest BCUT2D eigenvalue weighted by Gasteiger charge is -2.15. The van der Waals surface area contributed by atoms with E-state index >= 15 is 0 Å². The molecule has 0 saturated carbocycles. The van der Waals surface area contributed by atoms with Crippen LogP contribution in [-0.4, -0.2) is 34.7 Å². The molecule has 6 heteroatoms. The summed E-state index contributed by atoms with van der Waals surface area (Å²) in [7, 11) is 0. The number of pyridine rings is 1. The fraction of sp³-hybridized carbons (Fsp3) is 0.417. The van der Waals surface area contributed by atoms with Gasteiger partial charge in [0.1, 0.15) is 6.10 Å². The van der Waals surface area contributed by atoms with E-state index in [1.165, 1.54) is 18.5 Å². The second-order valence-electron chi connectivity index (χ2n) is 4.27. The van der Waals surface area contributed by atoms with Gasteiger partial charge in [-0.2, -0.15) is 0 Å². The zero-order valence-corrected chi connectivity index (χ0v) is 9.92. The van der Waals surface area contributed by atoms with Crippen molar-refractivity contribution in [3.8, 4) is 0 Å². The van der Waals surface area contributed by atoms with Crippen LogP contribution in [0.25, 0.3) is 0 Å². The number of carboxylic acids is 1. The van der Waals surface area contributed by atoms with E-state index in [2.05, 4.69) is 10.3 Å². The molecule has 2 atom stereocenters. The van der Waals surface area contributed by atoms with Crippen LogP contribution >= 0.6 is 0 Å². The molecule has 0 aliphatic carbocycles. The van der Waals surface area contributed by atoms with E-state index < -0.39 is 12.1 Å². The van der Waals surface area contributed by atoms with Gasteiger partial charge in [0.15, 0.2) is 0 Å². The lowest BCUT2D eigenvalue weighted by Crippen LogP contribution is -2.31. The first-order chi connectivity index (χ1) is 8.59. The number of carboxylic acid groups (broad SMARTS) is 1. The Labute approximate surface area is 104 Å². The third-order valence-corrected chi connectivity index (χ3v) is 2.96. The van der Waals surface area contributed by atoms with Crippen LogP contribution in [0.1, 0.15) is 23.7 Å². The Kier molecular flexibility index (Phi) is 3.57. The molecule has 2 unspecified atom stereocenters. The summed E-state index contributed by atoms with van der Waals surface area (Å²) >= 11 is 0. The van der Waals surface area contributed by atoms with Crippen molar-refractivity contribution < 1.29 is 19.4 Å². The Morgan fingerprint density at radius 2 is 2.33 bits per heavy atom. The highest BCUT2D eigenvalue weighted by atomic mass is 16.5. The van der Waals surface area contributed by atoms with Crippen molar-refractivity contribution >= 4 is 17.6 Å². The summed E-state index contributed by atoms with van der Waals surface area (Å²) in [6.45, 7) is 2.48. The smallest absolute Gasteiger partial charge is 0.337 e. The molecule has 6 nitrogen and oxygen atoms in total. The maximum Gasteiger partial charge on any atom is 0.337 e. The van der Waals surface area contributed by atoms with Gasteiger partial charge in [-0.3, -0.25) is 9.78 Å². The van der Waals surface area contributed by atoms with Gasteiger partial charge in [-0.05, 0) is 18.4 Å². The first kappa shape index (κ1) is 12.5. The SMILES string of the molecule is CC1CCOC1C(=O)Nc1cnccc1C(=O)O. The molecule has 0 bridgehead atoms. The van der Waals surface area contributed by atoms with Crippen molar-refractivity contribution in [3.05, 3.63) is 24.0 Å². The summed E-state index contributed by atoms with van der Waals surface area (Å²) in [5.41, 5.74) is 0.210. The summed E-state index contributed by atoms with van der Waals surface area (Å²) in [5.74, 6) is -1.29. The Hall–Kier alpha value is -1.95. The van der Waals surface area contributed by atoms with Gasteiger partial charge in [0.05, 0.1) is 17.4 Å². The number of rotatable bonds is 3. The van der Waals surface area contributed by atoms with Crippen LogP contribution < -0.4 is 5.32 Å². The normalized spacial score (nSPS) is 22.7. The van der Waals surface area contributed by atoms with Gasteiger partial charge < -0.3 is 15.2 Å². The third-order valence-electron chi connectivity index (χ3n) is 2.96. The predicted octanol–water partition coefficient (Wildman–Crippen LogP) is 1.14. The molecule has 1 saturated heterocycles. The molecule has 0 radical (unpaired) electrons. The maximum atomic E-state index is 11.9. The summed E-state index contributed by atoms with van der Waals surface area (Å²) < 4.78 is 5.32. The summed E-state index contributed by atoms with van der Waals surface area (Å²) in [5, 5.41) is 11.5. The quantitative estimate of drug-likeness (QED) is 0.839. The number of aromatic nitrogens is 1. The van der Waals surface area contributed by atoms with Crippen molar-refractivity contribution in [3.63, 3.8) is 0 Å².